The maximum Gasteiger partial charge on any atom is 0.253 e. The molecule has 1 saturated carbocycles. The lowest BCUT2D eigenvalue weighted by molar-refractivity contribution is 0.127. The van der Waals surface area contributed by atoms with E-state index < -0.39 is 0 Å². The minimum Gasteiger partial charge on any atom is -0.300 e. The van der Waals surface area contributed by atoms with E-state index in [-0.39, 0.29) is 11.0 Å². The molecular formula is C19H31N3O. The molecule has 4 heteroatoms. The third-order valence-corrected chi connectivity index (χ3v) is 5.59. The highest BCUT2D eigenvalue weighted by Crippen LogP contribution is 2.28. The molecule has 0 bridgehead atoms. The highest BCUT2D eigenvalue weighted by atomic mass is 16.1. The predicted molar refractivity (Wildman–Crippen MR) is 93.8 cm³/mol. The van der Waals surface area contributed by atoms with E-state index in [1.165, 1.54) is 51.6 Å². The van der Waals surface area contributed by atoms with E-state index in [1.807, 2.05) is 4.57 Å². The maximum absolute atomic E-state index is 12.3. The van der Waals surface area contributed by atoms with Crippen LogP contribution in [0.3, 0.4) is 0 Å². The van der Waals surface area contributed by atoms with Gasteiger partial charge < -0.3 is 4.90 Å². The molecule has 1 aliphatic heterocycles. The first-order valence-electron chi connectivity index (χ1n) is 9.24. The Morgan fingerprint density at radius 2 is 1.78 bits per heavy atom. The molecule has 1 aromatic rings. The van der Waals surface area contributed by atoms with Crippen molar-refractivity contribution < 1.29 is 0 Å². The Morgan fingerprint density at radius 1 is 1.13 bits per heavy atom. The van der Waals surface area contributed by atoms with Gasteiger partial charge in [-0.2, -0.15) is 0 Å². The number of hydrogen-bond donors (Lipinski definition) is 0. The maximum atomic E-state index is 12.3. The van der Waals surface area contributed by atoms with Gasteiger partial charge in [-0.1, -0.05) is 33.6 Å². The number of hydrogen-bond acceptors (Lipinski definition) is 3. The summed E-state index contributed by atoms with van der Waals surface area (Å²) in [6.07, 6.45) is 9.78. The van der Waals surface area contributed by atoms with Crippen LogP contribution in [0, 0.1) is 5.92 Å². The van der Waals surface area contributed by atoms with Crippen molar-refractivity contribution in [1.29, 1.82) is 0 Å². The summed E-state index contributed by atoms with van der Waals surface area (Å²) in [5.74, 6) is 0.618. The molecule has 2 aliphatic rings. The van der Waals surface area contributed by atoms with E-state index in [4.69, 9.17) is 0 Å². The van der Waals surface area contributed by atoms with Gasteiger partial charge in [0.05, 0.1) is 12.0 Å². The standard InChI is InChI=1S/C19H31N3O/c1-19(2,3)17-12-18(23)22(14-20-17)13-15-8-10-21(11-9-15)16-6-4-5-7-16/h12,14-16H,4-11,13H2,1-3H3. The summed E-state index contributed by atoms with van der Waals surface area (Å²) >= 11 is 0. The smallest absolute Gasteiger partial charge is 0.253 e. The van der Waals surface area contributed by atoms with E-state index in [2.05, 4.69) is 30.7 Å². The van der Waals surface area contributed by atoms with Gasteiger partial charge in [0.2, 0.25) is 0 Å². The van der Waals surface area contributed by atoms with E-state index >= 15 is 0 Å². The third kappa shape index (κ3) is 4.03. The molecule has 0 aromatic carbocycles. The molecule has 23 heavy (non-hydrogen) atoms. The first kappa shape index (κ1) is 16.7. The lowest BCUT2D eigenvalue weighted by atomic mass is 9.92. The number of nitrogens with zero attached hydrogens (tertiary/aromatic N) is 3. The first-order chi connectivity index (χ1) is 10.9. The summed E-state index contributed by atoms with van der Waals surface area (Å²) < 4.78 is 1.81. The van der Waals surface area contributed by atoms with Crippen molar-refractivity contribution in [3.8, 4) is 0 Å². The summed E-state index contributed by atoms with van der Waals surface area (Å²) in [5.41, 5.74) is 0.920. The van der Waals surface area contributed by atoms with Crippen LogP contribution in [0.2, 0.25) is 0 Å². The van der Waals surface area contributed by atoms with Gasteiger partial charge in [0.25, 0.3) is 5.56 Å². The van der Waals surface area contributed by atoms with E-state index in [0.717, 1.165) is 18.3 Å². The Balaban J connectivity index is 1.57. The fraction of sp³-hybridized carbons (Fsp3) is 0.789. The zero-order valence-corrected chi connectivity index (χ0v) is 14.9. The molecule has 1 saturated heterocycles. The molecule has 0 unspecified atom stereocenters. The molecule has 3 rings (SSSR count). The SMILES string of the molecule is CC(C)(C)c1cc(=O)n(CC2CCN(C3CCCC3)CC2)cn1. The van der Waals surface area contributed by atoms with Crippen molar-refractivity contribution in [1.82, 2.24) is 14.5 Å². The zero-order valence-electron chi connectivity index (χ0n) is 14.9. The lowest BCUT2D eigenvalue weighted by Gasteiger charge is -2.36. The second-order valence-electron chi connectivity index (χ2n) is 8.43. The summed E-state index contributed by atoms with van der Waals surface area (Å²) in [4.78, 5) is 19.5. The quantitative estimate of drug-likeness (QED) is 0.859. The van der Waals surface area contributed by atoms with Crippen LogP contribution in [0.25, 0.3) is 0 Å². The van der Waals surface area contributed by atoms with E-state index in [1.54, 1.807) is 12.4 Å². The Hall–Kier alpha value is -1.16. The number of rotatable bonds is 3. The summed E-state index contributed by atoms with van der Waals surface area (Å²) in [6, 6.07) is 2.56. The highest BCUT2D eigenvalue weighted by molar-refractivity contribution is 5.10. The number of piperidine rings is 1. The van der Waals surface area contributed by atoms with Crippen LogP contribution >= 0.6 is 0 Å². The van der Waals surface area contributed by atoms with Crippen molar-refractivity contribution >= 4 is 0 Å². The topological polar surface area (TPSA) is 38.1 Å². The Labute approximate surface area is 139 Å². The van der Waals surface area contributed by atoms with Crippen molar-refractivity contribution in [3.63, 3.8) is 0 Å². The van der Waals surface area contributed by atoms with Gasteiger partial charge in [0, 0.05) is 24.1 Å². The van der Waals surface area contributed by atoms with Gasteiger partial charge in [-0.05, 0) is 44.7 Å². The predicted octanol–water partition coefficient (Wildman–Crippen LogP) is 3.20. The number of aromatic nitrogens is 2. The molecule has 2 heterocycles. The van der Waals surface area contributed by atoms with Crippen LogP contribution in [0.4, 0.5) is 0 Å². The average Bonchev–Trinajstić information content (AvgIpc) is 3.03. The third-order valence-electron chi connectivity index (χ3n) is 5.59. The minimum atomic E-state index is -0.0646. The Bertz CT molecular complexity index is 573. The van der Waals surface area contributed by atoms with Crippen LogP contribution < -0.4 is 5.56 Å². The summed E-state index contributed by atoms with van der Waals surface area (Å²) in [6.45, 7) is 9.53. The second-order valence-corrected chi connectivity index (χ2v) is 8.43. The van der Waals surface area contributed by atoms with Gasteiger partial charge in [-0.3, -0.25) is 9.36 Å². The van der Waals surface area contributed by atoms with Crippen LogP contribution in [0.5, 0.6) is 0 Å². The van der Waals surface area contributed by atoms with Crippen molar-refractivity contribution in [2.75, 3.05) is 13.1 Å². The summed E-state index contributed by atoms with van der Waals surface area (Å²) in [7, 11) is 0. The van der Waals surface area contributed by atoms with Crippen LogP contribution in [-0.2, 0) is 12.0 Å². The van der Waals surface area contributed by atoms with Gasteiger partial charge in [-0.25, -0.2) is 4.98 Å². The molecule has 0 amide bonds. The molecular weight excluding hydrogens is 286 g/mol. The first-order valence-corrected chi connectivity index (χ1v) is 9.24. The Morgan fingerprint density at radius 3 is 2.35 bits per heavy atom. The molecule has 128 valence electrons. The van der Waals surface area contributed by atoms with Crippen molar-refractivity contribution in [3.05, 3.63) is 28.4 Å². The Kier molecular flexibility index (Phi) is 4.90. The van der Waals surface area contributed by atoms with Crippen molar-refractivity contribution in [2.45, 2.75) is 77.3 Å². The molecule has 4 nitrogen and oxygen atoms in total. The largest absolute Gasteiger partial charge is 0.300 e. The molecule has 0 atom stereocenters. The molecule has 0 radical (unpaired) electrons. The van der Waals surface area contributed by atoms with Gasteiger partial charge >= 0.3 is 0 Å². The van der Waals surface area contributed by atoms with Crippen LogP contribution in [-0.4, -0.2) is 33.6 Å². The average molecular weight is 317 g/mol. The van der Waals surface area contributed by atoms with Gasteiger partial charge in [-0.15, -0.1) is 0 Å². The molecule has 1 aliphatic carbocycles. The fourth-order valence-electron chi connectivity index (χ4n) is 4.02. The monoisotopic (exact) mass is 317 g/mol. The zero-order chi connectivity index (χ0) is 16.4. The van der Waals surface area contributed by atoms with Gasteiger partial charge in [0.15, 0.2) is 0 Å². The highest BCUT2D eigenvalue weighted by Gasteiger charge is 2.27. The van der Waals surface area contributed by atoms with Gasteiger partial charge in [0.1, 0.15) is 0 Å². The number of likely N-dealkylation sites (tertiary alicyclic amines) is 1. The summed E-state index contributed by atoms with van der Waals surface area (Å²) in [5, 5.41) is 0. The molecule has 1 aromatic heterocycles. The normalized spacial score (nSPS) is 21.9. The molecule has 2 fully saturated rings. The van der Waals surface area contributed by atoms with Crippen LogP contribution in [0.1, 0.15) is 65.0 Å². The second kappa shape index (κ2) is 6.76. The van der Waals surface area contributed by atoms with E-state index in [0.29, 0.717) is 5.92 Å². The molecule has 0 spiro atoms. The van der Waals surface area contributed by atoms with E-state index in [9.17, 15) is 4.79 Å². The van der Waals surface area contributed by atoms with Crippen LogP contribution in [0.15, 0.2) is 17.2 Å². The fourth-order valence-corrected chi connectivity index (χ4v) is 4.02. The molecule has 0 N–H and O–H groups in total. The minimum absolute atomic E-state index is 0.0646. The lowest BCUT2D eigenvalue weighted by Crippen LogP contribution is -2.41. The van der Waals surface area contributed by atoms with Crippen molar-refractivity contribution in [2.24, 2.45) is 5.92 Å².